The van der Waals surface area contributed by atoms with Crippen LogP contribution < -0.4 is 0 Å². The molecule has 6 nitrogen and oxygen atoms in total. The van der Waals surface area contributed by atoms with Gasteiger partial charge in [0.25, 0.3) is 0 Å². The van der Waals surface area contributed by atoms with Crippen molar-refractivity contribution in [1.29, 1.82) is 0 Å². The van der Waals surface area contributed by atoms with Crippen LogP contribution in [0.15, 0.2) is 0 Å². The van der Waals surface area contributed by atoms with Crippen LogP contribution in [-0.4, -0.2) is 211 Å². The molecule has 17 heavy (non-hydrogen) atoms. The Bertz CT molecular complexity index is 161. The van der Waals surface area contributed by atoms with E-state index in [1.54, 1.807) is 0 Å². The van der Waals surface area contributed by atoms with Crippen molar-refractivity contribution < 1.29 is 30.3 Å². The Hall–Kier alpha value is 4.76. The standard InChI is InChI=1S/C6H12O6.5Na.5H/c7-1-2-3(8)4(9)5(10)6(11)12-2;;;;;;;;;;/h2-11H,1H2;;;;;;;;;;/t2-,3+,4+,5-,6-;;;;;;;;;;/m1........../s1. The molecule has 1 fully saturated rings. The van der Waals surface area contributed by atoms with Crippen LogP contribution in [0, 0.1) is 0 Å². The monoisotopic (exact) mass is 300 g/mol. The fourth-order valence-corrected chi connectivity index (χ4v) is 1.08. The van der Waals surface area contributed by atoms with E-state index in [0.717, 1.165) is 0 Å². The van der Waals surface area contributed by atoms with Gasteiger partial charge in [0.2, 0.25) is 0 Å². The van der Waals surface area contributed by atoms with Crippen molar-refractivity contribution in [3.05, 3.63) is 0 Å². The van der Waals surface area contributed by atoms with Crippen molar-refractivity contribution in [3.8, 4) is 0 Å². The fraction of sp³-hybridized carbons (Fsp3) is 1.00. The van der Waals surface area contributed by atoms with Crippen LogP contribution in [0.1, 0.15) is 0 Å². The average Bonchev–Trinajstić information content (AvgIpc) is 2.08. The normalized spacial score (nSPS) is 34.8. The summed E-state index contributed by atoms with van der Waals surface area (Å²) < 4.78 is 4.58. The molecule has 0 saturated carbocycles. The Labute approximate surface area is 211 Å². The first-order valence-corrected chi connectivity index (χ1v) is 3.56. The van der Waals surface area contributed by atoms with E-state index in [0.29, 0.717) is 0 Å². The predicted molar refractivity (Wildman–Crippen MR) is 71.7 cm³/mol. The maximum absolute atomic E-state index is 9.12. The topological polar surface area (TPSA) is 110 Å². The summed E-state index contributed by atoms with van der Waals surface area (Å²) in [5.74, 6) is 0. The van der Waals surface area contributed by atoms with Crippen LogP contribution in [0.25, 0.3) is 0 Å². The van der Waals surface area contributed by atoms with Crippen LogP contribution in [-0.2, 0) is 4.74 Å². The Morgan fingerprint density at radius 3 is 1.47 bits per heavy atom. The molecule has 5 atom stereocenters. The van der Waals surface area contributed by atoms with Crippen LogP contribution in [0.5, 0.6) is 0 Å². The van der Waals surface area contributed by atoms with Crippen molar-refractivity contribution in [3.63, 3.8) is 0 Å². The van der Waals surface area contributed by atoms with E-state index < -0.39 is 37.3 Å². The first-order valence-electron chi connectivity index (χ1n) is 3.56. The van der Waals surface area contributed by atoms with Gasteiger partial charge in [-0.2, -0.15) is 0 Å². The molecule has 0 aliphatic carbocycles. The second kappa shape index (κ2) is 17.1. The van der Waals surface area contributed by atoms with Crippen molar-refractivity contribution in [1.82, 2.24) is 0 Å². The summed E-state index contributed by atoms with van der Waals surface area (Å²) in [5, 5.41) is 44.7. The SMILES string of the molecule is OC[C@H]1O[C@@H](O)[C@H](O)[C@@H](O)[C@H]1O.[NaH].[NaH].[NaH].[NaH].[NaH]. The van der Waals surface area contributed by atoms with Crippen LogP contribution in [0.2, 0.25) is 0 Å². The molecule has 5 N–H and O–H groups in total. The molecule has 0 amide bonds. The number of aliphatic hydroxyl groups excluding tert-OH is 5. The summed E-state index contributed by atoms with van der Waals surface area (Å²) in [6.45, 7) is -0.526. The molecule has 1 saturated heterocycles. The number of hydrogen-bond donors (Lipinski definition) is 5. The van der Waals surface area contributed by atoms with Gasteiger partial charge >= 0.3 is 148 Å². The molecule has 1 aliphatic rings. The molecule has 0 bridgehead atoms. The van der Waals surface area contributed by atoms with Crippen molar-refractivity contribution >= 4 is 148 Å². The van der Waals surface area contributed by atoms with Crippen molar-refractivity contribution in [2.75, 3.05) is 6.61 Å². The van der Waals surface area contributed by atoms with Gasteiger partial charge in [-0.1, -0.05) is 0 Å². The maximum atomic E-state index is 9.12. The molecule has 0 aromatic carbocycles. The molecule has 1 aliphatic heterocycles. The molecular formula is C6H17Na5O6. The van der Waals surface area contributed by atoms with Crippen LogP contribution in [0.4, 0.5) is 0 Å². The summed E-state index contributed by atoms with van der Waals surface area (Å²) in [5.41, 5.74) is 0. The zero-order valence-electron chi connectivity index (χ0n) is 6.24. The minimum absolute atomic E-state index is 0. The number of aliphatic hydroxyl groups is 5. The third kappa shape index (κ3) is 10.2. The zero-order chi connectivity index (χ0) is 9.30. The molecule has 0 spiro atoms. The van der Waals surface area contributed by atoms with Crippen LogP contribution in [0.3, 0.4) is 0 Å². The summed E-state index contributed by atoms with van der Waals surface area (Å²) in [7, 11) is 0. The Morgan fingerprint density at radius 2 is 1.12 bits per heavy atom. The Kier molecular flexibility index (Phi) is 33.6. The van der Waals surface area contributed by atoms with Gasteiger partial charge in [0, 0.05) is 0 Å². The van der Waals surface area contributed by atoms with Gasteiger partial charge in [-0.05, 0) is 0 Å². The van der Waals surface area contributed by atoms with E-state index in [1.165, 1.54) is 0 Å². The van der Waals surface area contributed by atoms with E-state index >= 15 is 0 Å². The quantitative estimate of drug-likeness (QED) is 0.308. The minimum atomic E-state index is -1.57. The fourth-order valence-electron chi connectivity index (χ4n) is 1.08. The number of hydrogen-bond acceptors (Lipinski definition) is 6. The van der Waals surface area contributed by atoms with Gasteiger partial charge in [0.15, 0.2) is 6.29 Å². The molecular weight excluding hydrogens is 283 g/mol. The van der Waals surface area contributed by atoms with Gasteiger partial charge in [-0.25, -0.2) is 0 Å². The van der Waals surface area contributed by atoms with Gasteiger partial charge < -0.3 is 30.3 Å². The van der Waals surface area contributed by atoms with Crippen LogP contribution >= 0.6 is 0 Å². The molecule has 0 radical (unpaired) electrons. The van der Waals surface area contributed by atoms with E-state index in [-0.39, 0.29) is 148 Å². The Morgan fingerprint density at radius 1 is 0.706 bits per heavy atom. The second-order valence-corrected chi connectivity index (χ2v) is 2.72. The number of ether oxygens (including phenoxy) is 1. The number of rotatable bonds is 1. The first kappa shape index (κ1) is 33.4. The van der Waals surface area contributed by atoms with Gasteiger partial charge in [-0.15, -0.1) is 0 Å². The second-order valence-electron chi connectivity index (χ2n) is 2.72. The summed E-state index contributed by atoms with van der Waals surface area (Å²) in [4.78, 5) is 0. The molecule has 1 heterocycles. The summed E-state index contributed by atoms with van der Waals surface area (Å²) in [6, 6.07) is 0. The third-order valence-electron chi connectivity index (χ3n) is 1.87. The molecule has 82 valence electrons. The molecule has 1 rings (SSSR count). The predicted octanol–water partition coefficient (Wildman–Crippen LogP) is -6.46. The van der Waals surface area contributed by atoms with Crippen molar-refractivity contribution in [2.45, 2.75) is 30.7 Å². The van der Waals surface area contributed by atoms with Gasteiger partial charge in [0.05, 0.1) is 6.61 Å². The zero-order valence-corrected chi connectivity index (χ0v) is 6.24. The van der Waals surface area contributed by atoms with Crippen molar-refractivity contribution in [2.24, 2.45) is 0 Å². The average molecular weight is 300 g/mol. The third-order valence-corrected chi connectivity index (χ3v) is 1.87. The van der Waals surface area contributed by atoms with Gasteiger partial charge in [0.1, 0.15) is 24.4 Å². The molecule has 0 aromatic heterocycles. The molecule has 0 unspecified atom stereocenters. The van der Waals surface area contributed by atoms with E-state index in [4.69, 9.17) is 25.5 Å². The first-order chi connectivity index (χ1) is 5.57. The van der Waals surface area contributed by atoms with Gasteiger partial charge in [-0.3, -0.25) is 0 Å². The molecule has 0 aromatic rings. The Balaban J connectivity index is -0.0000000960. The van der Waals surface area contributed by atoms with E-state index in [1.807, 2.05) is 0 Å². The summed E-state index contributed by atoms with van der Waals surface area (Å²) in [6.07, 6.45) is -7.04. The summed E-state index contributed by atoms with van der Waals surface area (Å²) >= 11 is 0. The van der Waals surface area contributed by atoms with E-state index in [2.05, 4.69) is 4.74 Å². The molecule has 11 heteroatoms. The van der Waals surface area contributed by atoms with E-state index in [9.17, 15) is 0 Å².